The largest absolute Gasteiger partial charge is 0.456 e. The van der Waals surface area contributed by atoms with E-state index in [4.69, 9.17) is 9.47 Å². The van der Waals surface area contributed by atoms with Crippen LogP contribution in [0.25, 0.3) is 0 Å². The maximum absolute atomic E-state index is 13.3. The summed E-state index contributed by atoms with van der Waals surface area (Å²) in [7, 11) is 0. The number of carbonyl (C=O) groups is 2. The minimum Gasteiger partial charge on any atom is -0.456 e. The molecule has 0 radical (unpaired) electrons. The summed E-state index contributed by atoms with van der Waals surface area (Å²) in [6, 6.07) is 3.88. The van der Waals surface area contributed by atoms with Crippen molar-refractivity contribution in [3.05, 3.63) is 34.4 Å². The Balaban J connectivity index is 3.10. The summed E-state index contributed by atoms with van der Waals surface area (Å²) in [5.74, 6) is -0.909. The highest BCUT2D eigenvalue weighted by Crippen LogP contribution is 2.26. The molecule has 230 valence electrons. The van der Waals surface area contributed by atoms with Crippen LogP contribution in [0.15, 0.2) is 12.1 Å². The number of unbranched alkanes of at least 4 members (excludes halogenated alkanes) is 14. The molecule has 0 aliphatic carbocycles. The van der Waals surface area contributed by atoms with E-state index in [0.717, 1.165) is 25.7 Å². The van der Waals surface area contributed by atoms with E-state index in [9.17, 15) is 9.59 Å². The van der Waals surface area contributed by atoms with Crippen LogP contribution in [0.4, 0.5) is 0 Å². The molecule has 0 N–H and O–H groups in total. The Morgan fingerprint density at radius 3 is 1.05 bits per heavy atom. The first kappa shape index (κ1) is 36.2. The minimum absolute atomic E-state index is 0.332. The van der Waals surface area contributed by atoms with Gasteiger partial charge in [-0.2, -0.15) is 0 Å². The number of benzene rings is 1. The Labute approximate surface area is 247 Å². The zero-order valence-electron chi connectivity index (χ0n) is 27.5. The Morgan fingerprint density at radius 2 is 0.775 bits per heavy atom. The second-order valence-corrected chi connectivity index (χ2v) is 13.6. The summed E-state index contributed by atoms with van der Waals surface area (Å²) in [5, 5.41) is 0. The first-order valence-corrected chi connectivity index (χ1v) is 16.5. The van der Waals surface area contributed by atoms with Gasteiger partial charge in [0.05, 0.1) is 11.1 Å². The standard InChI is InChI=1S/C36H62O4/c1-9-11-13-15-17-19-21-23-25-29-27-31(33(37)39-35(3,4)5)32(34(38)40-36(6,7)8)28-30(29)26-24-22-20-18-16-14-12-10-2/h27-28H,9-26H2,1-8H3. The van der Waals surface area contributed by atoms with Crippen LogP contribution in [0.3, 0.4) is 0 Å². The van der Waals surface area contributed by atoms with Crippen LogP contribution in [0.2, 0.25) is 0 Å². The monoisotopic (exact) mass is 558 g/mol. The molecule has 0 aliphatic rings. The molecule has 0 atom stereocenters. The van der Waals surface area contributed by atoms with E-state index in [1.54, 1.807) is 0 Å². The third-order valence-corrected chi connectivity index (χ3v) is 7.18. The van der Waals surface area contributed by atoms with Gasteiger partial charge in [0.15, 0.2) is 0 Å². The van der Waals surface area contributed by atoms with Crippen molar-refractivity contribution in [2.75, 3.05) is 0 Å². The predicted octanol–water partition coefficient (Wildman–Crippen LogP) is 11.0. The average molecular weight is 559 g/mol. The zero-order valence-corrected chi connectivity index (χ0v) is 27.5. The summed E-state index contributed by atoms with van der Waals surface area (Å²) >= 11 is 0. The molecule has 0 spiro atoms. The van der Waals surface area contributed by atoms with E-state index in [0.29, 0.717) is 11.1 Å². The molecule has 1 aromatic carbocycles. The molecule has 0 saturated carbocycles. The SMILES string of the molecule is CCCCCCCCCCc1cc(C(=O)OC(C)(C)C)c(C(=O)OC(C)(C)C)cc1CCCCCCCCCC. The molecule has 40 heavy (non-hydrogen) atoms. The molecule has 1 aromatic rings. The number of esters is 2. The topological polar surface area (TPSA) is 52.6 Å². The van der Waals surface area contributed by atoms with Crippen LogP contribution in [-0.4, -0.2) is 23.1 Å². The predicted molar refractivity (Wildman–Crippen MR) is 169 cm³/mol. The van der Waals surface area contributed by atoms with E-state index in [1.165, 1.54) is 101 Å². The van der Waals surface area contributed by atoms with Crippen LogP contribution in [0.1, 0.15) is 190 Å². The van der Waals surface area contributed by atoms with Crippen molar-refractivity contribution in [1.29, 1.82) is 0 Å². The summed E-state index contributed by atoms with van der Waals surface area (Å²) in [6.45, 7) is 15.7. The normalized spacial score (nSPS) is 12.0. The van der Waals surface area contributed by atoms with Gasteiger partial charge in [-0.15, -0.1) is 0 Å². The van der Waals surface area contributed by atoms with Crippen molar-refractivity contribution >= 4 is 11.9 Å². The van der Waals surface area contributed by atoms with Gasteiger partial charge >= 0.3 is 11.9 Å². The Morgan fingerprint density at radius 1 is 0.500 bits per heavy atom. The fraction of sp³-hybridized carbons (Fsp3) is 0.778. The van der Waals surface area contributed by atoms with Gasteiger partial charge in [0.25, 0.3) is 0 Å². The number of ether oxygens (including phenoxy) is 2. The molecule has 0 fully saturated rings. The highest BCUT2D eigenvalue weighted by atomic mass is 16.6. The van der Waals surface area contributed by atoms with Crippen molar-refractivity contribution in [1.82, 2.24) is 0 Å². The smallest absolute Gasteiger partial charge is 0.339 e. The first-order valence-electron chi connectivity index (χ1n) is 16.5. The van der Waals surface area contributed by atoms with Gasteiger partial charge in [0.2, 0.25) is 0 Å². The van der Waals surface area contributed by atoms with Crippen LogP contribution >= 0.6 is 0 Å². The van der Waals surface area contributed by atoms with Crippen molar-refractivity contribution in [2.24, 2.45) is 0 Å². The molecule has 0 unspecified atom stereocenters. The minimum atomic E-state index is -0.643. The quantitative estimate of drug-likeness (QED) is 0.118. The third-order valence-electron chi connectivity index (χ3n) is 7.18. The molecule has 0 heterocycles. The molecule has 0 bridgehead atoms. The zero-order chi connectivity index (χ0) is 30.0. The van der Waals surface area contributed by atoms with Gasteiger partial charge in [-0.1, -0.05) is 104 Å². The molecule has 0 saturated heterocycles. The molecule has 4 nitrogen and oxygen atoms in total. The molecule has 0 aromatic heterocycles. The first-order chi connectivity index (χ1) is 18.9. The van der Waals surface area contributed by atoms with Crippen LogP contribution < -0.4 is 0 Å². The number of hydrogen-bond donors (Lipinski definition) is 0. The maximum atomic E-state index is 13.3. The molecular formula is C36H62O4. The second-order valence-electron chi connectivity index (χ2n) is 13.6. The molecule has 0 aliphatic heterocycles. The lowest BCUT2D eigenvalue weighted by Crippen LogP contribution is -2.28. The Hall–Kier alpha value is -1.84. The molecule has 0 amide bonds. The lowest BCUT2D eigenvalue weighted by atomic mass is 9.91. The number of hydrogen-bond acceptors (Lipinski definition) is 4. The van der Waals surface area contributed by atoms with Gasteiger partial charge in [-0.05, 0) is 90.5 Å². The lowest BCUT2D eigenvalue weighted by Gasteiger charge is -2.24. The average Bonchev–Trinajstić information content (AvgIpc) is 2.85. The highest BCUT2D eigenvalue weighted by Gasteiger charge is 2.28. The van der Waals surface area contributed by atoms with E-state index in [2.05, 4.69) is 13.8 Å². The second kappa shape index (κ2) is 19.3. The van der Waals surface area contributed by atoms with Gasteiger partial charge in [-0.3, -0.25) is 0 Å². The van der Waals surface area contributed by atoms with Gasteiger partial charge in [0, 0.05) is 0 Å². The number of carbonyl (C=O) groups excluding carboxylic acids is 2. The fourth-order valence-corrected chi connectivity index (χ4v) is 5.06. The molecule has 1 rings (SSSR count). The highest BCUT2D eigenvalue weighted by molar-refractivity contribution is 6.03. The van der Waals surface area contributed by atoms with E-state index >= 15 is 0 Å². The summed E-state index contributed by atoms with van der Waals surface area (Å²) < 4.78 is 11.5. The molecular weight excluding hydrogens is 496 g/mol. The van der Waals surface area contributed by atoms with Gasteiger partial charge < -0.3 is 9.47 Å². The summed E-state index contributed by atoms with van der Waals surface area (Å²) in [6.07, 6.45) is 22.1. The third kappa shape index (κ3) is 16.4. The number of rotatable bonds is 20. The van der Waals surface area contributed by atoms with Crippen LogP contribution in [0.5, 0.6) is 0 Å². The summed E-state index contributed by atoms with van der Waals surface area (Å²) in [5.41, 5.74) is 1.74. The van der Waals surface area contributed by atoms with Gasteiger partial charge in [0.1, 0.15) is 11.2 Å². The van der Waals surface area contributed by atoms with Crippen LogP contribution in [0, 0.1) is 0 Å². The van der Waals surface area contributed by atoms with Crippen molar-refractivity contribution in [3.8, 4) is 0 Å². The van der Waals surface area contributed by atoms with E-state index in [-0.39, 0.29) is 0 Å². The number of aryl methyl sites for hydroxylation is 2. The summed E-state index contributed by atoms with van der Waals surface area (Å²) in [4.78, 5) is 26.6. The fourth-order valence-electron chi connectivity index (χ4n) is 5.06. The maximum Gasteiger partial charge on any atom is 0.339 e. The lowest BCUT2D eigenvalue weighted by molar-refractivity contribution is 0.00185. The van der Waals surface area contributed by atoms with Crippen molar-refractivity contribution in [3.63, 3.8) is 0 Å². The van der Waals surface area contributed by atoms with Crippen molar-refractivity contribution in [2.45, 2.75) is 182 Å². The van der Waals surface area contributed by atoms with E-state index < -0.39 is 23.1 Å². The van der Waals surface area contributed by atoms with Gasteiger partial charge in [-0.25, -0.2) is 9.59 Å². The van der Waals surface area contributed by atoms with Crippen molar-refractivity contribution < 1.29 is 19.1 Å². The Bertz CT molecular complexity index is 786. The Kier molecular flexibility index (Phi) is 17.5. The van der Waals surface area contributed by atoms with E-state index in [1.807, 2.05) is 53.7 Å². The van der Waals surface area contributed by atoms with Crippen LogP contribution in [-0.2, 0) is 22.3 Å². The molecule has 4 heteroatoms.